The number of nitrogens with one attached hydrogen (secondary N) is 1. The number of allylic oxidation sites excluding steroid dienone is 1. The summed E-state index contributed by atoms with van der Waals surface area (Å²) in [5.41, 5.74) is 9.27. The number of para-hydroxylation sites is 1. The van der Waals surface area contributed by atoms with Gasteiger partial charge < -0.3 is 4.74 Å². The molecular weight excluding hydrogens is 312 g/mol. The van der Waals surface area contributed by atoms with Gasteiger partial charge in [0.1, 0.15) is 18.2 Å². The van der Waals surface area contributed by atoms with E-state index in [4.69, 9.17) is 4.74 Å². The molecule has 0 saturated carbocycles. The van der Waals surface area contributed by atoms with Crippen LogP contribution in [0.3, 0.4) is 0 Å². The van der Waals surface area contributed by atoms with E-state index < -0.39 is 0 Å². The van der Waals surface area contributed by atoms with Gasteiger partial charge in [-0.05, 0) is 29.8 Å². The first-order valence-corrected chi connectivity index (χ1v) is 8.00. The Morgan fingerprint density at radius 2 is 1.84 bits per heavy atom. The molecule has 2 aromatic heterocycles. The minimum atomic E-state index is 0.877. The van der Waals surface area contributed by atoms with Gasteiger partial charge >= 0.3 is 0 Å². The summed E-state index contributed by atoms with van der Waals surface area (Å²) in [5.74, 6) is 0. The van der Waals surface area contributed by atoms with Crippen LogP contribution in [0.25, 0.3) is 22.2 Å². The molecular formula is C20H14N4O. The third-order valence-electron chi connectivity index (χ3n) is 4.31. The van der Waals surface area contributed by atoms with Crippen LogP contribution in [-0.4, -0.2) is 15.0 Å². The number of hydrazine groups is 1. The molecule has 4 heterocycles. The summed E-state index contributed by atoms with van der Waals surface area (Å²) in [7, 11) is 0. The Balaban J connectivity index is 1.81. The number of rotatable bonds is 2. The van der Waals surface area contributed by atoms with Crippen molar-refractivity contribution in [3.8, 4) is 0 Å². The number of aromatic nitrogens is 2. The number of hydrogen-bond donors (Lipinski definition) is 1. The lowest BCUT2D eigenvalue weighted by Gasteiger charge is -2.19. The fourth-order valence-electron chi connectivity index (χ4n) is 3.20. The molecule has 0 bridgehead atoms. The first-order chi connectivity index (χ1) is 12.4. The molecule has 5 nitrogen and oxygen atoms in total. The number of hydrogen-bond acceptors (Lipinski definition) is 5. The number of fused-ring (bicyclic) bond motifs is 2. The van der Waals surface area contributed by atoms with Gasteiger partial charge in [0.2, 0.25) is 0 Å². The number of benzene rings is 1. The first-order valence-electron chi connectivity index (χ1n) is 8.00. The third-order valence-corrected chi connectivity index (χ3v) is 4.31. The highest BCUT2D eigenvalue weighted by Crippen LogP contribution is 2.40. The molecule has 0 fully saturated rings. The Morgan fingerprint density at radius 3 is 2.76 bits per heavy atom. The van der Waals surface area contributed by atoms with Crippen molar-refractivity contribution in [2.24, 2.45) is 0 Å². The average Bonchev–Trinajstić information content (AvgIpc) is 3.08. The lowest BCUT2D eigenvalue weighted by molar-refractivity contribution is 0.320. The van der Waals surface area contributed by atoms with E-state index in [9.17, 15) is 0 Å². The Labute approximate surface area is 144 Å². The predicted octanol–water partition coefficient (Wildman–Crippen LogP) is 3.66. The van der Waals surface area contributed by atoms with Crippen molar-refractivity contribution in [3.63, 3.8) is 0 Å². The van der Waals surface area contributed by atoms with Crippen LogP contribution in [0.2, 0.25) is 0 Å². The fraction of sp³-hybridized carbons (Fsp3) is 0. The normalized spacial score (nSPS) is 15.7. The van der Waals surface area contributed by atoms with Crippen molar-refractivity contribution >= 4 is 22.2 Å². The molecule has 3 aromatic rings. The summed E-state index contributed by atoms with van der Waals surface area (Å²) in [6.07, 6.45) is 8.87. The molecule has 0 aliphatic carbocycles. The highest BCUT2D eigenvalue weighted by Gasteiger charge is 2.30. The maximum atomic E-state index is 5.44. The van der Waals surface area contributed by atoms with Crippen LogP contribution >= 0.6 is 0 Å². The molecule has 1 N–H and O–H groups in total. The van der Waals surface area contributed by atoms with Gasteiger partial charge in [0, 0.05) is 23.4 Å². The van der Waals surface area contributed by atoms with E-state index in [2.05, 4.69) is 21.5 Å². The zero-order valence-electron chi connectivity index (χ0n) is 13.3. The maximum Gasteiger partial charge on any atom is 0.117 e. The van der Waals surface area contributed by atoms with Gasteiger partial charge in [-0.2, -0.15) is 0 Å². The van der Waals surface area contributed by atoms with Crippen LogP contribution in [0.5, 0.6) is 0 Å². The molecule has 5 heteroatoms. The Morgan fingerprint density at radius 1 is 0.920 bits per heavy atom. The minimum absolute atomic E-state index is 0.877. The van der Waals surface area contributed by atoms with Gasteiger partial charge in [-0.25, -0.2) is 0 Å². The van der Waals surface area contributed by atoms with Crippen LogP contribution < -0.4 is 5.43 Å². The van der Waals surface area contributed by atoms with Crippen LogP contribution in [0.4, 0.5) is 0 Å². The molecule has 0 radical (unpaired) electrons. The van der Waals surface area contributed by atoms with E-state index in [-0.39, 0.29) is 0 Å². The topological polar surface area (TPSA) is 50.3 Å². The summed E-state index contributed by atoms with van der Waals surface area (Å²) in [6, 6.07) is 16.1. The van der Waals surface area contributed by atoms with E-state index in [1.54, 1.807) is 18.7 Å². The average molecular weight is 326 g/mol. The lowest BCUT2D eigenvalue weighted by atomic mass is 9.97. The summed E-state index contributed by atoms with van der Waals surface area (Å²) in [6.45, 7) is 0. The summed E-state index contributed by atoms with van der Waals surface area (Å²) < 4.78 is 5.44. The van der Waals surface area contributed by atoms with Crippen LogP contribution in [0.15, 0.2) is 85.3 Å². The van der Waals surface area contributed by atoms with Crippen molar-refractivity contribution < 1.29 is 4.74 Å². The molecule has 0 saturated heterocycles. The van der Waals surface area contributed by atoms with E-state index in [1.807, 2.05) is 59.9 Å². The molecule has 0 atom stereocenters. The molecule has 0 unspecified atom stereocenters. The van der Waals surface area contributed by atoms with Gasteiger partial charge in [0.15, 0.2) is 0 Å². The second-order valence-electron chi connectivity index (χ2n) is 5.75. The second-order valence-corrected chi connectivity index (χ2v) is 5.75. The van der Waals surface area contributed by atoms with Crippen molar-refractivity contribution in [1.82, 2.24) is 20.4 Å². The van der Waals surface area contributed by atoms with Gasteiger partial charge in [-0.15, -0.1) is 0 Å². The highest BCUT2D eigenvalue weighted by atomic mass is 16.5. The summed E-state index contributed by atoms with van der Waals surface area (Å²) in [4.78, 5) is 9.00. The monoisotopic (exact) mass is 326 g/mol. The Kier molecular flexibility index (Phi) is 3.03. The van der Waals surface area contributed by atoms with Gasteiger partial charge in [-0.3, -0.25) is 20.4 Å². The predicted molar refractivity (Wildman–Crippen MR) is 96.1 cm³/mol. The fourth-order valence-corrected chi connectivity index (χ4v) is 3.20. The zero-order valence-corrected chi connectivity index (χ0v) is 13.3. The van der Waals surface area contributed by atoms with E-state index in [1.165, 1.54) is 0 Å². The largest absolute Gasteiger partial charge is 0.469 e. The molecule has 25 heavy (non-hydrogen) atoms. The van der Waals surface area contributed by atoms with Crippen LogP contribution in [0, 0.1) is 0 Å². The molecule has 1 aromatic carbocycles. The maximum absolute atomic E-state index is 5.44. The van der Waals surface area contributed by atoms with E-state index in [0.717, 1.165) is 39.1 Å². The van der Waals surface area contributed by atoms with Crippen LogP contribution in [0.1, 0.15) is 11.3 Å². The Bertz CT molecular complexity index is 1050. The smallest absolute Gasteiger partial charge is 0.117 e. The summed E-state index contributed by atoms with van der Waals surface area (Å²) >= 11 is 0. The second kappa shape index (κ2) is 5.49. The number of pyridine rings is 2. The van der Waals surface area contributed by atoms with E-state index >= 15 is 0 Å². The molecule has 2 aliphatic heterocycles. The standard InChI is InChI=1S/C20H14N4O/c1-2-6-16-14(5-1)15(8-10-22-16)19-18-13-25-12-11-24(18)23-20(19)17-7-3-4-9-21-17/h1-13,23H. The van der Waals surface area contributed by atoms with Gasteiger partial charge in [-0.1, -0.05) is 24.3 Å². The highest BCUT2D eigenvalue weighted by molar-refractivity contribution is 6.05. The van der Waals surface area contributed by atoms with Crippen LogP contribution in [-0.2, 0) is 4.74 Å². The molecule has 5 rings (SSSR count). The molecule has 0 amide bonds. The zero-order chi connectivity index (χ0) is 16.6. The molecule has 120 valence electrons. The lowest BCUT2D eigenvalue weighted by Crippen LogP contribution is -2.26. The number of nitrogens with zero attached hydrogens (tertiary/aromatic N) is 3. The van der Waals surface area contributed by atoms with Crippen molar-refractivity contribution in [1.29, 1.82) is 0 Å². The SMILES string of the molecule is C1=CN2NC(c3ccccn3)=C(c3ccnc4ccccc34)C2=CO1. The van der Waals surface area contributed by atoms with Crippen molar-refractivity contribution in [3.05, 3.63) is 96.6 Å². The summed E-state index contributed by atoms with van der Waals surface area (Å²) in [5, 5.41) is 3.03. The third kappa shape index (κ3) is 2.17. The van der Waals surface area contributed by atoms with Gasteiger partial charge in [0.25, 0.3) is 0 Å². The number of ether oxygens (including phenoxy) is 1. The molecule has 2 aliphatic rings. The Hall–Kier alpha value is -3.60. The quantitative estimate of drug-likeness (QED) is 0.779. The van der Waals surface area contributed by atoms with Crippen molar-refractivity contribution in [2.45, 2.75) is 0 Å². The van der Waals surface area contributed by atoms with E-state index in [0.29, 0.717) is 0 Å². The van der Waals surface area contributed by atoms with Crippen molar-refractivity contribution in [2.75, 3.05) is 0 Å². The van der Waals surface area contributed by atoms with Gasteiger partial charge in [0.05, 0.1) is 23.1 Å². The minimum Gasteiger partial charge on any atom is -0.469 e. The first kappa shape index (κ1) is 13.8. The molecule has 0 spiro atoms.